The minimum Gasteiger partial charge on any atom is -0.494 e. The Morgan fingerprint density at radius 3 is 1.90 bits per heavy atom. The van der Waals surface area contributed by atoms with Crippen LogP contribution in [0.1, 0.15) is 67.2 Å². The third-order valence-electron chi connectivity index (χ3n) is 6.14. The van der Waals surface area contributed by atoms with Crippen LogP contribution in [0.4, 0.5) is 0 Å². The standard InChI is InChI=1S/C25H39BrO2Si/c1-19(2)29(20(3)4,21(5)6)28-16-10-8-7-9-15-27-25-14-12-22-17-24(26)13-11-23(22)18-25/h11-14,17-21H,7-10,15-16H2,1-6H3. The maximum Gasteiger partial charge on any atom is 0.200 e. The first-order valence-corrected chi connectivity index (χ1v) is 14.2. The summed E-state index contributed by atoms with van der Waals surface area (Å²) in [5.74, 6) is 0.963. The second-order valence-electron chi connectivity index (χ2n) is 9.08. The minimum absolute atomic E-state index is 0.666. The maximum atomic E-state index is 6.64. The third-order valence-corrected chi connectivity index (χ3v) is 12.8. The van der Waals surface area contributed by atoms with Crippen molar-refractivity contribution in [1.29, 1.82) is 0 Å². The van der Waals surface area contributed by atoms with Gasteiger partial charge in [-0.2, -0.15) is 0 Å². The first-order chi connectivity index (χ1) is 13.8. The Morgan fingerprint density at radius 2 is 1.28 bits per heavy atom. The predicted octanol–water partition coefficient (Wildman–Crippen LogP) is 8.73. The summed E-state index contributed by atoms with van der Waals surface area (Å²) >= 11 is 3.52. The lowest BCUT2D eigenvalue weighted by Crippen LogP contribution is -2.47. The molecule has 0 atom stereocenters. The fourth-order valence-corrected chi connectivity index (χ4v) is 10.7. The Bertz CT molecular complexity index is 736. The van der Waals surface area contributed by atoms with E-state index >= 15 is 0 Å². The van der Waals surface area contributed by atoms with Crippen LogP contribution >= 0.6 is 15.9 Å². The summed E-state index contributed by atoms with van der Waals surface area (Å²) < 4.78 is 13.7. The maximum absolute atomic E-state index is 6.64. The number of fused-ring (bicyclic) bond motifs is 1. The average molecular weight is 480 g/mol. The largest absolute Gasteiger partial charge is 0.494 e. The van der Waals surface area contributed by atoms with Crippen molar-refractivity contribution in [2.24, 2.45) is 0 Å². The van der Waals surface area contributed by atoms with Crippen LogP contribution in [0.5, 0.6) is 5.75 Å². The van der Waals surface area contributed by atoms with Gasteiger partial charge in [-0.25, -0.2) is 0 Å². The van der Waals surface area contributed by atoms with Crippen LogP contribution < -0.4 is 4.74 Å². The quantitative estimate of drug-likeness (QED) is 0.224. The second kappa shape index (κ2) is 11.5. The zero-order chi connectivity index (χ0) is 21.4. The molecule has 4 heteroatoms. The molecule has 0 fully saturated rings. The van der Waals surface area contributed by atoms with Gasteiger partial charge >= 0.3 is 0 Å². The number of ether oxygens (including phenoxy) is 1. The van der Waals surface area contributed by atoms with E-state index in [4.69, 9.17) is 9.16 Å². The van der Waals surface area contributed by atoms with Gasteiger partial charge in [0.15, 0.2) is 8.32 Å². The Hall–Kier alpha value is -0.843. The van der Waals surface area contributed by atoms with E-state index in [0.717, 1.165) is 36.3 Å². The Kier molecular flexibility index (Phi) is 9.71. The van der Waals surface area contributed by atoms with E-state index < -0.39 is 8.32 Å². The van der Waals surface area contributed by atoms with Crippen molar-refractivity contribution >= 4 is 35.0 Å². The van der Waals surface area contributed by atoms with Gasteiger partial charge in [0.25, 0.3) is 0 Å². The second-order valence-corrected chi connectivity index (χ2v) is 15.5. The summed E-state index contributed by atoms with van der Waals surface area (Å²) in [5.41, 5.74) is 2.00. The summed E-state index contributed by atoms with van der Waals surface area (Å²) in [7, 11) is -1.70. The molecule has 29 heavy (non-hydrogen) atoms. The summed E-state index contributed by atoms with van der Waals surface area (Å²) in [6.45, 7) is 15.8. The van der Waals surface area contributed by atoms with E-state index in [1.165, 1.54) is 23.6 Å². The lowest BCUT2D eigenvalue weighted by atomic mass is 10.1. The summed E-state index contributed by atoms with van der Waals surface area (Å²) in [4.78, 5) is 0. The molecule has 0 aliphatic carbocycles. The van der Waals surface area contributed by atoms with E-state index in [1.807, 2.05) is 0 Å². The van der Waals surface area contributed by atoms with Crippen LogP contribution in [0.2, 0.25) is 16.6 Å². The minimum atomic E-state index is -1.70. The van der Waals surface area contributed by atoms with Gasteiger partial charge in [0, 0.05) is 11.1 Å². The predicted molar refractivity (Wildman–Crippen MR) is 133 cm³/mol. The summed E-state index contributed by atoms with van der Waals surface area (Å²) in [5, 5.41) is 2.45. The monoisotopic (exact) mass is 478 g/mol. The molecular weight excluding hydrogens is 440 g/mol. The zero-order valence-electron chi connectivity index (χ0n) is 19.1. The lowest BCUT2D eigenvalue weighted by molar-refractivity contribution is 0.262. The van der Waals surface area contributed by atoms with Crippen LogP contribution in [-0.4, -0.2) is 21.5 Å². The van der Waals surface area contributed by atoms with Gasteiger partial charge in [0.1, 0.15) is 5.75 Å². The molecule has 0 radical (unpaired) electrons. The van der Waals surface area contributed by atoms with Gasteiger partial charge < -0.3 is 9.16 Å². The topological polar surface area (TPSA) is 18.5 Å². The molecule has 162 valence electrons. The summed E-state index contributed by atoms with van der Waals surface area (Å²) in [6, 6.07) is 12.7. The van der Waals surface area contributed by atoms with E-state index in [1.54, 1.807) is 0 Å². The highest BCUT2D eigenvalue weighted by Crippen LogP contribution is 2.42. The molecular formula is C25H39BrO2Si. The number of halogens is 1. The first-order valence-electron chi connectivity index (χ1n) is 11.2. The molecule has 0 amide bonds. The molecule has 2 nitrogen and oxygen atoms in total. The number of rotatable bonds is 12. The van der Waals surface area contributed by atoms with E-state index in [2.05, 4.69) is 93.9 Å². The molecule has 2 rings (SSSR count). The molecule has 0 spiro atoms. The highest BCUT2D eigenvalue weighted by molar-refractivity contribution is 9.10. The molecule has 0 N–H and O–H groups in total. The molecule has 0 unspecified atom stereocenters. The average Bonchev–Trinajstić information content (AvgIpc) is 2.66. The smallest absolute Gasteiger partial charge is 0.200 e. The van der Waals surface area contributed by atoms with E-state index in [0.29, 0.717) is 16.6 Å². The van der Waals surface area contributed by atoms with Gasteiger partial charge in [-0.05, 0) is 70.9 Å². The van der Waals surface area contributed by atoms with Crippen LogP contribution in [0.3, 0.4) is 0 Å². The number of unbranched alkanes of at least 4 members (excludes halogenated alkanes) is 3. The SMILES string of the molecule is CC(C)[Si](OCCCCCCOc1ccc2cc(Br)ccc2c1)(C(C)C)C(C)C. The molecule has 2 aromatic rings. The molecule has 0 bridgehead atoms. The van der Waals surface area contributed by atoms with Crippen molar-refractivity contribution in [2.75, 3.05) is 13.2 Å². The van der Waals surface area contributed by atoms with Gasteiger partial charge in [-0.1, -0.05) is 76.0 Å². The van der Waals surface area contributed by atoms with Crippen molar-refractivity contribution in [1.82, 2.24) is 0 Å². The number of hydrogen-bond acceptors (Lipinski definition) is 2. The molecule has 0 aliphatic rings. The van der Waals surface area contributed by atoms with Crippen molar-refractivity contribution in [3.8, 4) is 5.75 Å². The lowest BCUT2D eigenvalue weighted by Gasteiger charge is -2.42. The molecule has 0 saturated carbocycles. The van der Waals surface area contributed by atoms with Crippen LogP contribution in [0.15, 0.2) is 40.9 Å². The van der Waals surface area contributed by atoms with Crippen molar-refractivity contribution in [3.63, 3.8) is 0 Å². The molecule has 0 heterocycles. The molecule has 2 aromatic carbocycles. The zero-order valence-corrected chi connectivity index (χ0v) is 21.7. The number of hydrogen-bond donors (Lipinski definition) is 0. The van der Waals surface area contributed by atoms with Gasteiger partial charge in [-0.3, -0.25) is 0 Å². The fourth-order valence-electron chi connectivity index (χ4n) is 4.78. The summed E-state index contributed by atoms with van der Waals surface area (Å²) in [6.07, 6.45) is 4.67. The highest BCUT2D eigenvalue weighted by Gasteiger charge is 2.44. The van der Waals surface area contributed by atoms with Gasteiger partial charge in [0.2, 0.25) is 0 Å². The van der Waals surface area contributed by atoms with Gasteiger partial charge in [0.05, 0.1) is 6.61 Å². The third kappa shape index (κ3) is 6.57. The Balaban J connectivity index is 1.68. The Morgan fingerprint density at radius 1 is 0.724 bits per heavy atom. The normalized spacial score (nSPS) is 12.5. The highest BCUT2D eigenvalue weighted by atomic mass is 79.9. The molecule has 0 saturated heterocycles. The van der Waals surface area contributed by atoms with Crippen LogP contribution in [0.25, 0.3) is 10.8 Å². The van der Waals surface area contributed by atoms with Crippen molar-refractivity contribution < 1.29 is 9.16 Å². The molecule has 0 aliphatic heterocycles. The van der Waals surface area contributed by atoms with E-state index in [-0.39, 0.29) is 0 Å². The Labute approximate surface area is 187 Å². The molecule has 0 aromatic heterocycles. The van der Waals surface area contributed by atoms with Crippen molar-refractivity contribution in [3.05, 3.63) is 40.9 Å². The first kappa shape index (κ1) is 24.4. The van der Waals surface area contributed by atoms with Gasteiger partial charge in [-0.15, -0.1) is 0 Å². The fraction of sp³-hybridized carbons (Fsp3) is 0.600. The van der Waals surface area contributed by atoms with Crippen LogP contribution in [-0.2, 0) is 4.43 Å². The number of benzene rings is 2. The van der Waals surface area contributed by atoms with E-state index in [9.17, 15) is 0 Å². The van der Waals surface area contributed by atoms with Crippen molar-refractivity contribution in [2.45, 2.75) is 83.8 Å². The van der Waals surface area contributed by atoms with Crippen LogP contribution in [0, 0.1) is 0 Å².